The molecule has 0 radical (unpaired) electrons. The van der Waals surface area contributed by atoms with E-state index in [1.807, 2.05) is 13.8 Å². The second kappa shape index (κ2) is 3.44. The van der Waals surface area contributed by atoms with E-state index in [0.717, 1.165) is 30.3 Å². The molecule has 0 spiro atoms. The molecule has 2 N–H and O–H groups in total. The van der Waals surface area contributed by atoms with Crippen LogP contribution >= 0.6 is 0 Å². The molecule has 0 atom stereocenters. The van der Waals surface area contributed by atoms with Crippen molar-refractivity contribution in [2.24, 2.45) is 0 Å². The first kappa shape index (κ1) is 9.24. The predicted molar refractivity (Wildman–Crippen MR) is 57.4 cm³/mol. The Morgan fingerprint density at radius 2 is 1.79 bits per heavy atom. The van der Waals surface area contributed by atoms with Crippen molar-refractivity contribution < 1.29 is 0 Å². The average molecular weight is 192 g/mol. The molecule has 2 heterocycles. The van der Waals surface area contributed by atoms with Crippen LogP contribution in [0.2, 0.25) is 0 Å². The molecular formula is C10H16N4. The minimum absolute atomic E-state index is 0.611. The predicted octanol–water partition coefficient (Wildman–Crippen LogP) is 1.28. The zero-order valence-corrected chi connectivity index (χ0v) is 8.75. The van der Waals surface area contributed by atoms with Crippen molar-refractivity contribution in [2.45, 2.75) is 26.7 Å². The van der Waals surface area contributed by atoms with E-state index in [1.165, 1.54) is 12.8 Å². The normalized spacial score (nSPS) is 16.3. The fourth-order valence-corrected chi connectivity index (χ4v) is 1.69. The van der Waals surface area contributed by atoms with Gasteiger partial charge in [-0.3, -0.25) is 0 Å². The van der Waals surface area contributed by atoms with Crippen molar-refractivity contribution in [3.8, 4) is 0 Å². The maximum Gasteiger partial charge on any atom is 0.227 e. The third-order valence-electron chi connectivity index (χ3n) is 2.80. The van der Waals surface area contributed by atoms with E-state index >= 15 is 0 Å². The summed E-state index contributed by atoms with van der Waals surface area (Å²) in [6, 6.07) is 0. The van der Waals surface area contributed by atoms with Crippen LogP contribution < -0.4 is 10.6 Å². The summed E-state index contributed by atoms with van der Waals surface area (Å²) in [5.41, 5.74) is 7.79. The quantitative estimate of drug-likeness (QED) is 0.728. The highest BCUT2D eigenvalue weighted by molar-refractivity contribution is 5.47. The van der Waals surface area contributed by atoms with Gasteiger partial charge in [0.15, 0.2) is 0 Å². The lowest BCUT2D eigenvalue weighted by atomic mass is 10.2. The topological polar surface area (TPSA) is 55.0 Å². The number of aromatic nitrogens is 2. The fraction of sp³-hybridized carbons (Fsp3) is 0.600. The second-order valence-electron chi connectivity index (χ2n) is 3.81. The van der Waals surface area contributed by atoms with Crippen molar-refractivity contribution in [3.63, 3.8) is 0 Å². The summed E-state index contributed by atoms with van der Waals surface area (Å²) in [5, 5.41) is 0. The van der Waals surface area contributed by atoms with Crippen LogP contribution in [0.1, 0.15) is 24.1 Å². The van der Waals surface area contributed by atoms with Gasteiger partial charge in [-0.1, -0.05) is 0 Å². The Morgan fingerprint density at radius 1 is 1.14 bits per heavy atom. The standard InChI is InChI=1S/C10H16N4/c1-7-8(2)12-10(13-9(7)11)14-5-3-4-6-14/h3-6H2,1-2H3,(H2,11,12,13). The monoisotopic (exact) mass is 192 g/mol. The smallest absolute Gasteiger partial charge is 0.227 e. The first-order chi connectivity index (χ1) is 6.68. The van der Waals surface area contributed by atoms with E-state index in [9.17, 15) is 0 Å². The second-order valence-corrected chi connectivity index (χ2v) is 3.81. The summed E-state index contributed by atoms with van der Waals surface area (Å²) in [6.45, 7) is 6.05. The Hall–Kier alpha value is -1.32. The highest BCUT2D eigenvalue weighted by Crippen LogP contribution is 2.19. The lowest BCUT2D eigenvalue weighted by molar-refractivity contribution is 0.886. The number of aryl methyl sites for hydroxylation is 1. The minimum Gasteiger partial charge on any atom is -0.383 e. The Morgan fingerprint density at radius 3 is 2.36 bits per heavy atom. The SMILES string of the molecule is Cc1nc(N2CCCC2)nc(N)c1C. The molecule has 1 saturated heterocycles. The molecule has 1 aromatic rings. The zero-order valence-electron chi connectivity index (χ0n) is 8.75. The van der Waals surface area contributed by atoms with E-state index in [-0.39, 0.29) is 0 Å². The van der Waals surface area contributed by atoms with Crippen LogP contribution in [0.5, 0.6) is 0 Å². The van der Waals surface area contributed by atoms with Gasteiger partial charge in [0.2, 0.25) is 5.95 Å². The van der Waals surface area contributed by atoms with Crippen LogP contribution in [0, 0.1) is 13.8 Å². The highest BCUT2D eigenvalue weighted by Gasteiger charge is 2.16. The third-order valence-corrected chi connectivity index (χ3v) is 2.80. The lowest BCUT2D eigenvalue weighted by Gasteiger charge is -2.16. The third kappa shape index (κ3) is 1.52. The van der Waals surface area contributed by atoms with Gasteiger partial charge in [-0.25, -0.2) is 4.98 Å². The van der Waals surface area contributed by atoms with Crippen LogP contribution in [-0.4, -0.2) is 23.1 Å². The maximum atomic E-state index is 5.81. The van der Waals surface area contributed by atoms with Gasteiger partial charge in [0, 0.05) is 24.3 Å². The van der Waals surface area contributed by atoms with Gasteiger partial charge < -0.3 is 10.6 Å². The number of nitrogens with zero attached hydrogens (tertiary/aromatic N) is 3. The van der Waals surface area contributed by atoms with Crippen LogP contribution in [0.25, 0.3) is 0 Å². The Labute approximate surface area is 84.2 Å². The van der Waals surface area contributed by atoms with Gasteiger partial charge in [-0.2, -0.15) is 4.98 Å². The largest absolute Gasteiger partial charge is 0.383 e. The van der Waals surface area contributed by atoms with E-state index in [1.54, 1.807) is 0 Å². The van der Waals surface area contributed by atoms with Crippen LogP contribution in [-0.2, 0) is 0 Å². The Balaban J connectivity index is 2.34. The molecule has 0 unspecified atom stereocenters. The van der Waals surface area contributed by atoms with Crippen LogP contribution in [0.15, 0.2) is 0 Å². The number of nitrogens with two attached hydrogens (primary N) is 1. The molecule has 0 saturated carbocycles. The number of hydrogen-bond donors (Lipinski definition) is 1. The molecule has 1 aliphatic heterocycles. The Kier molecular flexibility index (Phi) is 2.27. The van der Waals surface area contributed by atoms with Gasteiger partial charge in [0.1, 0.15) is 5.82 Å². The molecule has 0 aliphatic carbocycles. The summed E-state index contributed by atoms with van der Waals surface area (Å²) in [6.07, 6.45) is 2.46. The molecule has 1 aromatic heterocycles. The van der Waals surface area contributed by atoms with Crippen molar-refractivity contribution >= 4 is 11.8 Å². The molecule has 2 rings (SSSR count). The van der Waals surface area contributed by atoms with Gasteiger partial charge in [-0.15, -0.1) is 0 Å². The maximum absolute atomic E-state index is 5.81. The highest BCUT2D eigenvalue weighted by atomic mass is 15.3. The van der Waals surface area contributed by atoms with E-state index < -0.39 is 0 Å². The average Bonchev–Trinajstić information content (AvgIpc) is 2.66. The summed E-state index contributed by atoms with van der Waals surface area (Å²) >= 11 is 0. The zero-order chi connectivity index (χ0) is 10.1. The number of nitrogen functional groups attached to an aromatic ring is 1. The molecule has 0 amide bonds. The fourth-order valence-electron chi connectivity index (χ4n) is 1.69. The van der Waals surface area contributed by atoms with Crippen molar-refractivity contribution in [1.29, 1.82) is 0 Å². The minimum atomic E-state index is 0.611. The van der Waals surface area contributed by atoms with Gasteiger partial charge in [0.05, 0.1) is 0 Å². The molecule has 1 fully saturated rings. The van der Waals surface area contributed by atoms with E-state index in [0.29, 0.717) is 5.82 Å². The molecule has 0 bridgehead atoms. The first-order valence-corrected chi connectivity index (χ1v) is 5.04. The van der Waals surface area contributed by atoms with Crippen molar-refractivity contribution in [2.75, 3.05) is 23.7 Å². The number of hydrogen-bond acceptors (Lipinski definition) is 4. The Bertz CT molecular complexity index is 319. The van der Waals surface area contributed by atoms with Crippen LogP contribution in [0.4, 0.5) is 11.8 Å². The van der Waals surface area contributed by atoms with Crippen molar-refractivity contribution in [1.82, 2.24) is 9.97 Å². The summed E-state index contributed by atoms with van der Waals surface area (Å²) in [4.78, 5) is 11.0. The number of anilines is 2. The lowest BCUT2D eigenvalue weighted by Crippen LogP contribution is -2.21. The van der Waals surface area contributed by atoms with Gasteiger partial charge in [-0.05, 0) is 26.7 Å². The molecule has 14 heavy (non-hydrogen) atoms. The summed E-state index contributed by atoms with van der Waals surface area (Å²) < 4.78 is 0. The van der Waals surface area contributed by atoms with Crippen molar-refractivity contribution in [3.05, 3.63) is 11.3 Å². The molecule has 76 valence electrons. The molecule has 4 heteroatoms. The molecule has 4 nitrogen and oxygen atoms in total. The summed E-state index contributed by atoms with van der Waals surface area (Å²) in [5.74, 6) is 1.41. The van der Waals surface area contributed by atoms with E-state index in [2.05, 4.69) is 14.9 Å². The van der Waals surface area contributed by atoms with Gasteiger partial charge in [0.25, 0.3) is 0 Å². The summed E-state index contributed by atoms with van der Waals surface area (Å²) in [7, 11) is 0. The van der Waals surface area contributed by atoms with Gasteiger partial charge >= 0.3 is 0 Å². The molecule has 0 aromatic carbocycles. The first-order valence-electron chi connectivity index (χ1n) is 5.04. The molecular weight excluding hydrogens is 176 g/mol. The van der Waals surface area contributed by atoms with E-state index in [4.69, 9.17) is 5.73 Å². The van der Waals surface area contributed by atoms with Crippen LogP contribution in [0.3, 0.4) is 0 Å². The molecule has 1 aliphatic rings. The number of rotatable bonds is 1.